The Bertz CT molecular complexity index is 502. The van der Waals surface area contributed by atoms with Crippen LogP contribution in [0.25, 0.3) is 0 Å². The maximum Gasteiger partial charge on any atom is 0.188 e. The van der Waals surface area contributed by atoms with E-state index >= 15 is 0 Å². The average Bonchev–Trinajstić information content (AvgIpc) is 3.03. The molecule has 0 aliphatic carbocycles. The molecule has 0 aliphatic heterocycles. The Morgan fingerprint density at radius 1 is 0.409 bits per heavy atom. The van der Waals surface area contributed by atoms with Gasteiger partial charge in [-0.05, 0) is 51.0 Å². The van der Waals surface area contributed by atoms with E-state index in [9.17, 15) is 0 Å². The fourth-order valence-electron chi connectivity index (χ4n) is 5.66. The normalized spacial score (nSPS) is 11.8. The largest absolute Gasteiger partial charge is 0.475 e. The summed E-state index contributed by atoms with van der Waals surface area (Å²) in [5, 5.41) is 0. The molecule has 0 amide bonds. The quantitative estimate of drug-likeness (QED) is 0.0387. The maximum atomic E-state index is 6.26. The first-order valence-electron chi connectivity index (χ1n) is 19.9. The molecule has 0 unspecified atom stereocenters. The van der Waals surface area contributed by atoms with E-state index in [4.69, 9.17) is 18.9 Å². The monoisotopic (exact) mass is 625 g/mol. The molecule has 0 rings (SSSR count). The van der Waals surface area contributed by atoms with Gasteiger partial charge in [-0.25, -0.2) is 0 Å². The van der Waals surface area contributed by atoms with Gasteiger partial charge >= 0.3 is 0 Å². The molecule has 0 aromatic carbocycles. The molecule has 0 saturated heterocycles. The minimum Gasteiger partial charge on any atom is -0.475 e. The second kappa shape index (κ2) is 40.4. The first kappa shape index (κ1) is 43.4. The molecule has 0 heterocycles. The SMILES string of the molecule is CCCCCCCCCCOC(CCCCCCCCCCCC=COCOCCCCC)OCCCCCCCCCC. The van der Waals surface area contributed by atoms with Crippen LogP contribution in [0.2, 0.25) is 0 Å². The summed E-state index contributed by atoms with van der Waals surface area (Å²) < 4.78 is 23.4. The van der Waals surface area contributed by atoms with E-state index in [2.05, 4.69) is 26.8 Å². The van der Waals surface area contributed by atoms with Crippen LogP contribution in [0.3, 0.4) is 0 Å². The van der Waals surface area contributed by atoms with Gasteiger partial charge in [-0.3, -0.25) is 0 Å². The Balaban J connectivity index is 3.79. The molecule has 0 bridgehead atoms. The smallest absolute Gasteiger partial charge is 0.188 e. The third-order valence-electron chi connectivity index (χ3n) is 8.65. The Labute approximate surface area is 277 Å². The third-order valence-corrected chi connectivity index (χ3v) is 8.65. The molecule has 4 heteroatoms. The Morgan fingerprint density at radius 2 is 0.795 bits per heavy atom. The summed E-state index contributed by atoms with van der Waals surface area (Å²) in [5.74, 6) is 0. The lowest BCUT2D eigenvalue weighted by Crippen LogP contribution is -2.19. The van der Waals surface area contributed by atoms with Crippen molar-refractivity contribution in [2.45, 2.75) is 220 Å². The van der Waals surface area contributed by atoms with Crippen LogP contribution in [0.15, 0.2) is 12.3 Å². The third kappa shape index (κ3) is 37.6. The molecular formula is C40H80O4. The minimum absolute atomic E-state index is 0.0156. The van der Waals surface area contributed by atoms with E-state index in [0.29, 0.717) is 6.79 Å². The van der Waals surface area contributed by atoms with Crippen molar-refractivity contribution in [1.82, 2.24) is 0 Å². The molecule has 0 atom stereocenters. The highest BCUT2D eigenvalue weighted by atomic mass is 16.7. The summed E-state index contributed by atoms with van der Waals surface area (Å²) in [5.41, 5.74) is 0. The van der Waals surface area contributed by atoms with Crippen LogP contribution in [0.1, 0.15) is 213 Å². The van der Waals surface area contributed by atoms with Crippen molar-refractivity contribution in [2.75, 3.05) is 26.6 Å². The Hall–Kier alpha value is -0.580. The van der Waals surface area contributed by atoms with E-state index < -0.39 is 0 Å². The van der Waals surface area contributed by atoms with E-state index in [1.54, 1.807) is 0 Å². The summed E-state index contributed by atoms with van der Waals surface area (Å²) in [6, 6.07) is 0. The van der Waals surface area contributed by atoms with Crippen molar-refractivity contribution >= 4 is 0 Å². The second-order valence-corrected chi connectivity index (χ2v) is 13.2. The highest BCUT2D eigenvalue weighted by Gasteiger charge is 2.09. The van der Waals surface area contributed by atoms with Crippen molar-refractivity contribution < 1.29 is 18.9 Å². The molecule has 44 heavy (non-hydrogen) atoms. The van der Waals surface area contributed by atoms with E-state index in [1.165, 1.54) is 173 Å². The molecule has 0 radical (unpaired) electrons. The Kier molecular flexibility index (Phi) is 39.9. The Morgan fingerprint density at radius 3 is 1.30 bits per heavy atom. The predicted molar refractivity (Wildman–Crippen MR) is 192 cm³/mol. The summed E-state index contributed by atoms with van der Waals surface area (Å²) in [6.07, 6.45) is 43.3. The number of hydrogen-bond donors (Lipinski definition) is 0. The summed E-state index contributed by atoms with van der Waals surface area (Å²) in [7, 11) is 0. The number of allylic oxidation sites excluding steroid dienone is 1. The van der Waals surface area contributed by atoms with Gasteiger partial charge in [0.05, 0.1) is 12.9 Å². The van der Waals surface area contributed by atoms with Crippen molar-refractivity contribution in [1.29, 1.82) is 0 Å². The number of ether oxygens (including phenoxy) is 4. The van der Waals surface area contributed by atoms with Gasteiger partial charge in [-0.1, -0.05) is 168 Å². The van der Waals surface area contributed by atoms with Crippen molar-refractivity contribution in [3.63, 3.8) is 0 Å². The van der Waals surface area contributed by atoms with Crippen LogP contribution in [0, 0.1) is 0 Å². The first-order valence-corrected chi connectivity index (χ1v) is 19.9. The summed E-state index contributed by atoms with van der Waals surface area (Å²) in [6.45, 7) is 9.72. The summed E-state index contributed by atoms with van der Waals surface area (Å²) >= 11 is 0. The zero-order valence-corrected chi connectivity index (χ0v) is 30.4. The lowest BCUT2D eigenvalue weighted by Gasteiger charge is -2.19. The first-order chi connectivity index (χ1) is 21.8. The van der Waals surface area contributed by atoms with Gasteiger partial charge in [0.15, 0.2) is 13.1 Å². The van der Waals surface area contributed by atoms with E-state index in [0.717, 1.165) is 39.1 Å². The number of rotatable bonds is 39. The van der Waals surface area contributed by atoms with Crippen molar-refractivity contribution in [3.8, 4) is 0 Å². The number of hydrogen-bond acceptors (Lipinski definition) is 4. The second-order valence-electron chi connectivity index (χ2n) is 13.2. The summed E-state index contributed by atoms with van der Waals surface area (Å²) in [4.78, 5) is 0. The molecule has 0 saturated carbocycles. The van der Waals surface area contributed by atoms with Crippen molar-refractivity contribution in [3.05, 3.63) is 12.3 Å². The van der Waals surface area contributed by atoms with Crippen LogP contribution in [0.5, 0.6) is 0 Å². The predicted octanol–water partition coefficient (Wildman–Crippen LogP) is 13.6. The molecule has 0 aromatic rings. The van der Waals surface area contributed by atoms with E-state index in [1.807, 2.05) is 6.26 Å². The standard InChI is InChI=1S/C40H80O4/c1-4-7-10-12-14-23-27-32-37-43-40(44-38-33-28-24-15-13-11-8-5-2)34-29-25-21-19-17-16-18-20-22-26-31-36-42-39-41-35-30-9-6-3/h31,36,40H,4-30,32-35,37-39H2,1-3H3. The molecule has 0 aromatic heterocycles. The highest BCUT2D eigenvalue weighted by Crippen LogP contribution is 2.16. The zero-order chi connectivity index (χ0) is 31.9. The fraction of sp³-hybridized carbons (Fsp3) is 0.950. The molecule has 0 aliphatic rings. The van der Waals surface area contributed by atoms with Gasteiger partial charge in [0.25, 0.3) is 0 Å². The highest BCUT2D eigenvalue weighted by molar-refractivity contribution is 4.72. The molecule has 0 spiro atoms. The van der Waals surface area contributed by atoms with Crippen molar-refractivity contribution in [2.24, 2.45) is 0 Å². The lowest BCUT2D eigenvalue weighted by atomic mass is 10.1. The molecule has 264 valence electrons. The minimum atomic E-state index is 0.0156. The van der Waals surface area contributed by atoms with Gasteiger partial charge in [-0.15, -0.1) is 0 Å². The van der Waals surface area contributed by atoms with Crippen LogP contribution in [0.4, 0.5) is 0 Å². The molecule has 0 N–H and O–H groups in total. The molecular weight excluding hydrogens is 544 g/mol. The average molecular weight is 625 g/mol. The lowest BCUT2D eigenvalue weighted by molar-refractivity contribution is -0.148. The van der Waals surface area contributed by atoms with Gasteiger partial charge in [0.1, 0.15) is 0 Å². The van der Waals surface area contributed by atoms with Crippen LogP contribution in [-0.4, -0.2) is 32.9 Å². The zero-order valence-electron chi connectivity index (χ0n) is 30.4. The van der Waals surface area contributed by atoms with Gasteiger partial charge in [0, 0.05) is 13.2 Å². The van der Waals surface area contributed by atoms with Crippen LogP contribution >= 0.6 is 0 Å². The van der Waals surface area contributed by atoms with Gasteiger partial charge in [-0.2, -0.15) is 0 Å². The molecule has 0 fully saturated rings. The van der Waals surface area contributed by atoms with E-state index in [-0.39, 0.29) is 6.29 Å². The van der Waals surface area contributed by atoms with Crippen LogP contribution in [-0.2, 0) is 18.9 Å². The molecule has 4 nitrogen and oxygen atoms in total. The topological polar surface area (TPSA) is 36.9 Å². The van der Waals surface area contributed by atoms with Gasteiger partial charge < -0.3 is 18.9 Å². The van der Waals surface area contributed by atoms with Crippen LogP contribution < -0.4 is 0 Å². The van der Waals surface area contributed by atoms with Gasteiger partial charge in [0.2, 0.25) is 0 Å². The fourth-order valence-corrected chi connectivity index (χ4v) is 5.66. The number of unbranched alkanes of at least 4 members (excludes halogenated alkanes) is 25. The maximum absolute atomic E-state index is 6.26.